The number of nitrogens with two attached hydrogens (primary N) is 1. The van der Waals surface area contributed by atoms with E-state index in [9.17, 15) is 13.2 Å². The molecule has 8 heteroatoms. The molecule has 0 spiro atoms. The van der Waals surface area contributed by atoms with E-state index in [1.165, 1.54) is 28.2 Å². The highest BCUT2D eigenvalue weighted by molar-refractivity contribution is 7.89. The molecule has 1 amide bonds. The van der Waals surface area contributed by atoms with Crippen molar-refractivity contribution in [3.8, 4) is 0 Å². The van der Waals surface area contributed by atoms with Crippen LogP contribution in [0.4, 0.5) is 0 Å². The Labute approximate surface area is 131 Å². The summed E-state index contributed by atoms with van der Waals surface area (Å²) in [5, 5.41) is 2.51. The lowest BCUT2D eigenvalue weighted by Gasteiger charge is -2.38. The SMILES string of the molecule is CNC(=O)c1cc(S(=O)(=O)N2CCCC(C)C2CN)cn1C. The van der Waals surface area contributed by atoms with E-state index < -0.39 is 10.0 Å². The number of aryl methyl sites for hydroxylation is 1. The first kappa shape index (κ1) is 17.0. The maximum absolute atomic E-state index is 12.9. The number of hydrogen-bond donors (Lipinski definition) is 2. The maximum atomic E-state index is 12.9. The zero-order valence-corrected chi connectivity index (χ0v) is 14.1. The molecule has 1 aromatic rings. The van der Waals surface area contributed by atoms with E-state index in [2.05, 4.69) is 5.32 Å². The Balaban J connectivity index is 2.40. The lowest BCUT2D eigenvalue weighted by molar-refractivity contribution is 0.0955. The summed E-state index contributed by atoms with van der Waals surface area (Å²) in [6.07, 6.45) is 3.28. The summed E-state index contributed by atoms with van der Waals surface area (Å²) in [5.41, 5.74) is 6.10. The molecule has 124 valence electrons. The number of nitrogens with zero attached hydrogens (tertiary/aromatic N) is 2. The fourth-order valence-electron chi connectivity index (χ4n) is 3.02. The second kappa shape index (κ2) is 6.39. The van der Waals surface area contributed by atoms with Crippen molar-refractivity contribution in [3.63, 3.8) is 0 Å². The minimum atomic E-state index is -3.65. The summed E-state index contributed by atoms with van der Waals surface area (Å²) >= 11 is 0. The molecule has 0 aromatic carbocycles. The highest BCUT2D eigenvalue weighted by Crippen LogP contribution is 2.29. The molecule has 0 aliphatic carbocycles. The van der Waals surface area contributed by atoms with Crippen LogP contribution >= 0.6 is 0 Å². The minimum Gasteiger partial charge on any atom is -0.354 e. The van der Waals surface area contributed by atoms with Gasteiger partial charge in [-0.1, -0.05) is 6.92 Å². The number of aromatic nitrogens is 1. The van der Waals surface area contributed by atoms with Crippen LogP contribution in [0, 0.1) is 5.92 Å². The van der Waals surface area contributed by atoms with Gasteiger partial charge in [-0.2, -0.15) is 4.31 Å². The Morgan fingerprint density at radius 1 is 1.50 bits per heavy atom. The molecular weight excluding hydrogens is 304 g/mol. The molecule has 3 N–H and O–H groups in total. The first-order chi connectivity index (χ1) is 10.3. The summed E-state index contributed by atoms with van der Waals surface area (Å²) in [6, 6.07) is 1.23. The molecule has 1 aliphatic rings. The van der Waals surface area contributed by atoms with Gasteiger partial charge in [0.05, 0.1) is 0 Å². The summed E-state index contributed by atoms with van der Waals surface area (Å²) in [5.74, 6) is -0.0815. The van der Waals surface area contributed by atoms with E-state index in [1.807, 2.05) is 6.92 Å². The fourth-order valence-corrected chi connectivity index (χ4v) is 4.87. The topological polar surface area (TPSA) is 97.4 Å². The minimum absolute atomic E-state index is 0.140. The predicted octanol–water partition coefficient (Wildman–Crippen LogP) is 0.133. The van der Waals surface area contributed by atoms with Crippen LogP contribution in [0.3, 0.4) is 0 Å². The van der Waals surface area contributed by atoms with Gasteiger partial charge >= 0.3 is 0 Å². The van der Waals surface area contributed by atoms with Gasteiger partial charge in [0.1, 0.15) is 10.6 Å². The van der Waals surface area contributed by atoms with E-state index in [0.717, 1.165) is 12.8 Å². The fraction of sp³-hybridized carbons (Fsp3) is 0.643. The standard InChI is InChI=1S/C14H24N4O3S/c1-10-5-4-6-18(13(10)8-15)22(20,21)11-7-12(14(19)16-2)17(3)9-11/h7,9-10,13H,4-6,8,15H2,1-3H3,(H,16,19). The number of piperidine rings is 1. The Bertz CT molecular complexity index is 653. The highest BCUT2D eigenvalue weighted by atomic mass is 32.2. The van der Waals surface area contributed by atoms with Crippen LogP contribution in [0.25, 0.3) is 0 Å². The van der Waals surface area contributed by atoms with Crippen molar-refractivity contribution in [2.45, 2.75) is 30.7 Å². The molecule has 1 saturated heterocycles. The molecule has 2 rings (SSSR count). The van der Waals surface area contributed by atoms with Gasteiger partial charge in [0.25, 0.3) is 5.91 Å². The van der Waals surface area contributed by atoms with E-state index in [0.29, 0.717) is 18.8 Å². The van der Waals surface area contributed by atoms with Gasteiger partial charge in [-0.3, -0.25) is 4.79 Å². The number of carbonyl (C=O) groups is 1. The van der Waals surface area contributed by atoms with E-state index in [4.69, 9.17) is 5.73 Å². The summed E-state index contributed by atoms with van der Waals surface area (Å²) < 4.78 is 28.8. The molecule has 1 aromatic heterocycles. The highest BCUT2D eigenvalue weighted by Gasteiger charge is 2.37. The Kier molecular flexibility index (Phi) is 4.93. The molecule has 2 heterocycles. The number of sulfonamides is 1. The molecule has 1 fully saturated rings. The normalized spacial score (nSPS) is 23.5. The quantitative estimate of drug-likeness (QED) is 0.821. The molecule has 2 atom stereocenters. The van der Waals surface area contributed by atoms with Crippen molar-refractivity contribution in [2.24, 2.45) is 18.7 Å². The summed E-state index contributed by atoms with van der Waals surface area (Å²) in [7, 11) is -0.477. The molecule has 0 bridgehead atoms. The molecule has 2 unspecified atom stereocenters. The molecular formula is C14H24N4O3S. The molecule has 7 nitrogen and oxygen atoms in total. The molecule has 22 heavy (non-hydrogen) atoms. The lowest BCUT2D eigenvalue weighted by Crippen LogP contribution is -2.51. The smallest absolute Gasteiger partial charge is 0.267 e. The largest absolute Gasteiger partial charge is 0.354 e. The number of carbonyl (C=O) groups excluding carboxylic acids is 1. The number of nitrogens with one attached hydrogen (secondary N) is 1. The maximum Gasteiger partial charge on any atom is 0.267 e. The second-order valence-electron chi connectivity index (χ2n) is 5.79. The average Bonchev–Trinajstić information content (AvgIpc) is 2.89. The zero-order chi connectivity index (χ0) is 16.5. The van der Waals surface area contributed by atoms with Crippen molar-refractivity contribution in [1.82, 2.24) is 14.2 Å². The van der Waals surface area contributed by atoms with Gasteiger partial charge in [0.15, 0.2) is 0 Å². The summed E-state index contributed by atoms with van der Waals surface area (Å²) in [6.45, 7) is 2.80. The zero-order valence-electron chi connectivity index (χ0n) is 13.2. The van der Waals surface area contributed by atoms with Gasteiger partial charge in [0.2, 0.25) is 10.0 Å². The third kappa shape index (κ3) is 2.90. The molecule has 1 aliphatic heterocycles. The van der Waals surface area contributed by atoms with Crippen LogP contribution in [0.15, 0.2) is 17.2 Å². The summed E-state index contributed by atoms with van der Waals surface area (Å²) in [4.78, 5) is 11.9. The number of amides is 1. The van der Waals surface area contributed by atoms with Crippen molar-refractivity contribution < 1.29 is 13.2 Å². The number of rotatable bonds is 4. The van der Waals surface area contributed by atoms with E-state index >= 15 is 0 Å². The van der Waals surface area contributed by atoms with Crippen LogP contribution in [-0.2, 0) is 17.1 Å². The third-order valence-electron chi connectivity index (χ3n) is 4.35. The Morgan fingerprint density at radius 3 is 2.77 bits per heavy atom. The first-order valence-corrected chi connectivity index (χ1v) is 8.87. The van der Waals surface area contributed by atoms with Crippen molar-refractivity contribution in [1.29, 1.82) is 0 Å². The van der Waals surface area contributed by atoms with E-state index in [-0.39, 0.29) is 22.8 Å². The monoisotopic (exact) mass is 328 g/mol. The van der Waals surface area contributed by atoms with Crippen molar-refractivity contribution >= 4 is 15.9 Å². The van der Waals surface area contributed by atoms with Crippen LogP contribution in [-0.4, -0.2) is 49.4 Å². The van der Waals surface area contributed by atoms with Gasteiger partial charge in [-0.25, -0.2) is 8.42 Å². The van der Waals surface area contributed by atoms with Gasteiger partial charge in [0, 0.05) is 39.4 Å². The molecule has 0 radical (unpaired) electrons. The average molecular weight is 328 g/mol. The third-order valence-corrected chi connectivity index (χ3v) is 6.24. The van der Waals surface area contributed by atoms with Crippen LogP contribution in [0.2, 0.25) is 0 Å². The Hall–Kier alpha value is -1.38. The van der Waals surface area contributed by atoms with Gasteiger partial charge < -0.3 is 15.6 Å². The van der Waals surface area contributed by atoms with Crippen LogP contribution in [0.5, 0.6) is 0 Å². The predicted molar refractivity (Wildman–Crippen MR) is 83.9 cm³/mol. The van der Waals surface area contributed by atoms with Crippen LogP contribution < -0.4 is 11.1 Å². The van der Waals surface area contributed by atoms with Crippen LogP contribution in [0.1, 0.15) is 30.3 Å². The van der Waals surface area contributed by atoms with E-state index in [1.54, 1.807) is 7.05 Å². The lowest BCUT2D eigenvalue weighted by atomic mass is 9.93. The first-order valence-electron chi connectivity index (χ1n) is 7.43. The van der Waals surface area contributed by atoms with Gasteiger partial charge in [-0.05, 0) is 24.8 Å². The van der Waals surface area contributed by atoms with Crippen molar-refractivity contribution in [3.05, 3.63) is 18.0 Å². The molecule has 0 saturated carbocycles. The van der Waals surface area contributed by atoms with Crippen molar-refractivity contribution in [2.75, 3.05) is 20.1 Å². The van der Waals surface area contributed by atoms with Gasteiger partial charge in [-0.15, -0.1) is 0 Å². The Morgan fingerprint density at radius 2 is 2.18 bits per heavy atom. The number of hydrogen-bond acceptors (Lipinski definition) is 4. The second-order valence-corrected chi connectivity index (χ2v) is 7.68.